The summed E-state index contributed by atoms with van der Waals surface area (Å²) in [5.74, 6) is 1.30. The van der Waals surface area contributed by atoms with E-state index >= 15 is 0 Å². The van der Waals surface area contributed by atoms with E-state index in [2.05, 4.69) is 67.5 Å². The van der Waals surface area contributed by atoms with Gasteiger partial charge in [-0.15, -0.1) is 0 Å². The molecule has 2 N–H and O–H groups in total. The second kappa shape index (κ2) is 6.97. The number of nitrogens with zero attached hydrogens (tertiary/aromatic N) is 3. The highest BCUT2D eigenvalue weighted by atomic mass is 79.9. The van der Waals surface area contributed by atoms with Crippen molar-refractivity contribution in [3.63, 3.8) is 0 Å². The fraction of sp³-hybridized carbons (Fsp3) is 0.167. The van der Waals surface area contributed by atoms with Crippen molar-refractivity contribution in [2.75, 3.05) is 17.7 Å². The van der Waals surface area contributed by atoms with Crippen molar-refractivity contribution in [2.24, 2.45) is 0 Å². The van der Waals surface area contributed by atoms with Crippen LogP contribution in [0.5, 0.6) is 0 Å². The van der Waals surface area contributed by atoms with E-state index in [-0.39, 0.29) is 0 Å². The van der Waals surface area contributed by atoms with Crippen LogP contribution in [0.15, 0.2) is 47.2 Å². The Morgan fingerprint density at radius 3 is 2.42 bits per heavy atom. The summed E-state index contributed by atoms with van der Waals surface area (Å²) in [6.07, 6.45) is 3.54. The molecule has 0 radical (unpaired) electrons. The van der Waals surface area contributed by atoms with E-state index in [4.69, 9.17) is 0 Å². The summed E-state index contributed by atoms with van der Waals surface area (Å²) in [7, 11) is 1.81. The maximum Gasteiger partial charge on any atom is 0.224 e. The number of halogens is 1. The first kappa shape index (κ1) is 16.4. The van der Waals surface area contributed by atoms with Crippen LogP contribution in [0.2, 0.25) is 0 Å². The van der Waals surface area contributed by atoms with Crippen LogP contribution in [0, 0.1) is 13.8 Å². The number of hydrogen-bond donors (Lipinski definition) is 2. The van der Waals surface area contributed by atoms with Gasteiger partial charge in [0.2, 0.25) is 5.95 Å². The minimum absolute atomic E-state index is 0.561. The predicted molar refractivity (Wildman–Crippen MR) is 102 cm³/mol. The van der Waals surface area contributed by atoms with Gasteiger partial charge in [0.15, 0.2) is 0 Å². The Bertz CT molecular complexity index is 842. The van der Waals surface area contributed by atoms with E-state index in [0.717, 1.165) is 38.4 Å². The molecule has 0 spiro atoms. The molecule has 0 aliphatic heterocycles. The first-order valence-electron chi connectivity index (χ1n) is 7.58. The van der Waals surface area contributed by atoms with E-state index < -0.39 is 0 Å². The standard InChI is InChI=1S/C18H18BrN5/c1-11-7-14(19)8-12(2)17(11)23-16-9-15(22-18(20-3)24-16)13-5-4-6-21-10-13/h4-10H,1-3H3,(H2,20,22,23,24). The summed E-state index contributed by atoms with van der Waals surface area (Å²) in [5.41, 5.74) is 5.11. The van der Waals surface area contributed by atoms with Crippen molar-refractivity contribution in [1.29, 1.82) is 0 Å². The van der Waals surface area contributed by atoms with Gasteiger partial charge < -0.3 is 10.6 Å². The van der Waals surface area contributed by atoms with Crippen LogP contribution in [-0.4, -0.2) is 22.0 Å². The number of rotatable bonds is 4. The number of aryl methyl sites for hydroxylation is 2. The van der Waals surface area contributed by atoms with Crippen LogP contribution < -0.4 is 10.6 Å². The van der Waals surface area contributed by atoms with Gasteiger partial charge in [-0.25, -0.2) is 4.98 Å². The summed E-state index contributed by atoms with van der Waals surface area (Å²) < 4.78 is 1.07. The topological polar surface area (TPSA) is 62.7 Å². The summed E-state index contributed by atoms with van der Waals surface area (Å²) in [6, 6.07) is 9.97. The molecule has 0 aliphatic carbocycles. The Labute approximate surface area is 149 Å². The van der Waals surface area contributed by atoms with Gasteiger partial charge in [-0.1, -0.05) is 15.9 Å². The molecular weight excluding hydrogens is 366 g/mol. The molecular formula is C18H18BrN5. The zero-order valence-corrected chi connectivity index (χ0v) is 15.3. The Kier molecular flexibility index (Phi) is 4.76. The summed E-state index contributed by atoms with van der Waals surface area (Å²) >= 11 is 3.53. The van der Waals surface area contributed by atoms with Gasteiger partial charge in [-0.3, -0.25) is 4.98 Å². The Morgan fingerprint density at radius 1 is 1.04 bits per heavy atom. The molecule has 0 atom stereocenters. The maximum absolute atomic E-state index is 4.51. The molecule has 2 aromatic heterocycles. The largest absolute Gasteiger partial charge is 0.357 e. The third kappa shape index (κ3) is 3.54. The Hall–Kier alpha value is -2.47. The average Bonchev–Trinajstić information content (AvgIpc) is 2.58. The number of anilines is 3. The molecule has 24 heavy (non-hydrogen) atoms. The van der Waals surface area contributed by atoms with Gasteiger partial charge in [0, 0.05) is 41.2 Å². The Morgan fingerprint density at radius 2 is 1.79 bits per heavy atom. The first-order valence-corrected chi connectivity index (χ1v) is 8.37. The molecule has 5 nitrogen and oxygen atoms in total. The molecule has 3 aromatic rings. The number of pyridine rings is 1. The van der Waals surface area contributed by atoms with E-state index in [9.17, 15) is 0 Å². The normalized spacial score (nSPS) is 10.5. The first-order chi connectivity index (χ1) is 11.6. The van der Waals surface area contributed by atoms with Crippen LogP contribution in [0.4, 0.5) is 17.5 Å². The molecule has 1 aromatic carbocycles. The molecule has 0 aliphatic rings. The lowest BCUT2D eigenvalue weighted by Gasteiger charge is -2.14. The van der Waals surface area contributed by atoms with Crippen LogP contribution in [0.3, 0.4) is 0 Å². The summed E-state index contributed by atoms with van der Waals surface area (Å²) in [4.78, 5) is 13.2. The molecule has 2 heterocycles. The molecule has 0 saturated heterocycles. The second-order valence-corrected chi connectivity index (χ2v) is 6.41. The van der Waals surface area contributed by atoms with Crippen molar-refractivity contribution < 1.29 is 0 Å². The smallest absolute Gasteiger partial charge is 0.224 e. The van der Waals surface area contributed by atoms with E-state index in [1.165, 1.54) is 0 Å². The van der Waals surface area contributed by atoms with Gasteiger partial charge in [-0.2, -0.15) is 4.98 Å². The maximum atomic E-state index is 4.51. The zero-order valence-electron chi connectivity index (χ0n) is 13.8. The third-order valence-corrected chi connectivity index (χ3v) is 4.12. The quantitative estimate of drug-likeness (QED) is 0.683. The van der Waals surface area contributed by atoms with Crippen LogP contribution in [0.1, 0.15) is 11.1 Å². The Balaban J connectivity index is 2.03. The predicted octanol–water partition coefficient (Wildman–Crippen LogP) is 4.70. The molecule has 6 heteroatoms. The van der Waals surface area contributed by atoms with E-state index in [0.29, 0.717) is 5.95 Å². The average molecular weight is 384 g/mol. The number of nitrogens with one attached hydrogen (secondary N) is 2. The minimum Gasteiger partial charge on any atom is -0.357 e. The van der Waals surface area contributed by atoms with Crippen molar-refractivity contribution in [3.05, 3.63) is 58.3 Å². The van der Waals surface area contributed by atoms with Crippen molar-refractivity contribution in [2.45, 2.75) is 13.8 Å². The fourth-order valence-electron chi connectivity index (χ4n) is 2.52. The van der Waals surface area contributed by atoms with Gasteiger partial charge in [0.05, 0.1) is 5.69 Å². The monoisotopic (exact) mass is 383 g/mol. The highest BCUT2D eigenvalue weighted by molar-refractivity contribution is 9.10. The second-order valence-electron chi connectivity index (χ2n) is 5.49. The third-order valence-electron chi connectivity index (χ3n) is 3.66. The van der Waals surface area contributed by atoms with Crippen LogP contribution in [0.25, 0.3) is 11.3 Å². The molecule has 0 unspecified atom stereocenters. The molecule has 0 bridgehead atoms. The van der Waals surface area contributed by atoms with E-state index in [1.54, 1.807) is 12.4 Å². The highest BCUT2D eigenvalue weighted by Crippen LogP contribution is 2.29. The lowest BCUT2D eigenvalue weighted by atomic mass is 10.1. The van der Waals surface area contributed by atoms with Crippen LogP contribution >= 0.6 is 15.9 Å². The van der Waals surface area contributed by atoms with Crippen molar-refractivity contribution in [1.82, 2.24) is 15.0 Å². The SMILES string of the molecule is CNc1nc(Nc2c(C)cc(Br)cc2C)cc(-c2cccnc2)n1. The summed E-state index contributed by atoms with van der Waals surface area (Å²) in [6.45, 7) is 4.14. The zero-order chi connectivity index (χ0) is 17.1. The van der Waals surface area contributed by atoms with Gasteiger partial charge in [0.25, 0.3) is 0 Å². The van der Waals surface area contributed by atoms with Gasteiger partial charge >= 0.3 is 0 Å². The molecule has 0 amide bonds. The minimum atomic E-state index is 0.561. The van der Waals surface area contributed by atoms with Crippen molar-refractivity contribution in [3.8, 4) is 11.3 Å². The van der Waals surface area contributed by atoms with E-state index in [1.807, 2.05) is 25.2 Å². The number of hydrogen-bond acceptors (Lipinski definition) is 5. The fourth-order valence-corrected chi connectivity index (χ4v) is 3.21. The number of benzene rings is 1. The van der Waals surface area contributed by atoms with Crippen LogP contribution in [-0.2, 0) is 0 Å². The van der Waals surface area contributed by atoms with Gasteiger partial charge in [0.1, 0.15) is 5.82 Å². The molecule has 122 valence electrons. The lowest BCUT2D eigenvalue weighted by Crippen LogP contribution is -2.04. The molecule has 0 saturated carbocycles. The molecule has 0 fully saturated rings. The van der Waals surface area contributed by atoms with Crippen molar-refractivity contribution >= 4 is 33.4 Å². The summed E-state index contributed by atoms with van der Waals surface area (Å²) in [5, 5.41) is 6.43. The highest BCUT2D eigenvalue weighted by Gasteiger charge is 2.09. The number of aromatic nitrogens is 3. The molecule has 3 rings (SSSR count). The lowest BCUT2D eigenvalue weighted by molar-refractivity contribution is 1.15. The van der Waals surface area contributed by atoms with Gasteiger partial charge in [-0.05, 0) is 49.2 Å².